The first-order chi connectivity index (χ1) is 13.5. The molecule has 28 heavy (non-hydrogen) atoms. The normalized spacial score (nSPS) is 15.5. The highest BCUT2D eigenvalue weighted by molar-refractivity contribution is 5.96. The number of phenols is 1. The quantitative estimate of drug-likeness (QED) is 0.572. The summed E-state index contributed by atoms with van der Waals surface area (Å²) in [5, 5.41) is 20.4. The number of hydrogen-bond donors (Lipinski definition) is 2. The fourth-order valence-electron chi connectivity index (χ4n) is 3.03. The third kappa shape index (κ3) is 5.16. The zero-order valence-corrected chi connectivity index (χ0v) is 15.7. The molecular weight excluding hydrogens is 358 g/mol. The van der Waals surface area contributed by atoms with Crippen LogP contribution in [0.25, 0.3) is 0 Å². The first-order valence-electron chi connectivity index (χ1n) is 9.34. The summed E-state index contributed by atoms with van der Waals surface area (Å²) >= 11 is 0. The number of nitrogens with one attached hydrogen (secondary N) is 1. The molecule has 7 nitrogen and oxygen atoms in total. The first kappa shape index (κ1) is 19.5. The summed E-state index contributed by atoms with van der Waals surface area (Å²) < 4.78 is 5.33. The minimum Gasteiger partial charge on any atom is -0.508 e. The second-order valence-electron chi connectivity index (χ2n) is 6.77. The molecule has 2 N–H and O–H groups in total. The lowest BCUT2D eigenvalue weighted by atomic mass is 10.2. The molecule has 0 saturated heterocycles. The summed E-state index contributed by atoms with van der Waals surface area (Å²) in [5.41, 5.74) is 1.10. The monoisotopic (exact) mass is 381 g/mol. The van der Waals surface area contributed by atoms with Gasteiger partial charge in [-0.25, -0.2) is 4.79 Å². The van der Waals surface area contributed by atoms with E-state index >= 15 is 0 Å². The second kappa shape index (κ2) is 9.12. The summed E-state index contributed by atoms with van der Waals surface area (Å²) in [4.78, 5) is 24.8. The number of amides is 1. The Bertz CT molecular complexity index is 858. The van der Waals surface area contributed by atoms with E-state index < -0.39 is 12.1 Å². The largest absolute Gasteiger partial charge is 0.508 e. The van der Waals surface area contributed by atoms with Crippen molar-refractivity contribution < 1.29 is 19.4 Å². The predicted molar refractivity (Wildman–Crippen MR) is 104 cm³/mol. The average Bonchev–Trinajstić information content (AvgIpc) is 3.20. The van der Waals surface area contributed by atoms with Gasteiger partial charge in [0.1, 0.15) is 11.4 Å². The molecule has 2 aromatic rings. The van der Waals surface area contributed by atoms with Gasteiger partial charge in [-0.2, -0.15) is 5.11 Å². The lowest BCUT2D eigenvalue weighted by Gasteiger charge is -2.17. The molecule has 0 heterocycles. The fraction of sp³-hybridized carbons (Fsp3) is 0.333. The van der Waals surface area contributed by atoms with Crippen molar-refractivity contribution in [3.63, 3.8) is 0 Å². The van der Waals surface area contributed by atoms with E-state index in [-0.39, 0.29) is 23.3 Å². The summed E-state index contributed by atoms with van der Waals surface area (Å²) in [5.74, 6) is -0.787. The molecule has 2 aromatic carbocycles. The van der Waals surface area contributed by atoms with Gasteiger partial charge in [-0.15, -0.1) is 5.11 Å². The van der Waals surface area contributed by atoms with E-state index in [1.807, 2.05) is 0 Å². The molecule has 3 rings (SSSR count). The number of rotatable bonds is 6. The zero-order valence-electron chi connectivity index (χ0n) is 15.7. The lowest BCUT2D eigenvalue weighted by molar-refractivity contribution is -0.129. The Morgan fingerprint density at radius 2 is 1.75 bits per heavy atom. The molecule has 1 saturated carbocycles. The third-order valence-electron chi connectivity index (χ3n) is 4.60. The SMILES string of the molecule is C[C@@H](OC(=O)c1ccccc1N=Nc1ccc(O)cc1)C(=O)NC1CCCC1. The van der Waals surface area contributed by atoms with Crippen molar-refractivity contribution in [2.45, 2.75) is 44.8 Å². The Morgan fingerprint density at radius 3 is 2.46 bits per heavy atom. The number of azo groups is 1. The van der Waals surface area contributed by atoms with Crippen LogP contribution in [0.3, 0.4) is 0 Å². The van der Waals surface area contributed by atoms with Crippen LogP contribution < -0.4 is 5.32 Å². The van der Waals surface area contributed by atoms with Gasteiger partial charge in [0.2, 0.25) is 0 Å². The number of phenolic OH excluding ortho intramolecular Hbond substituents is 1. The molecule has 1 aliphatic rings. The standard InChI is InChI=1S/C21H23N3O4/c1-14(20(26)22-15-6-2-3-7-15)28-21(27)18-8-4-5-9-19(18)24-23-16-10-12-17(25)13-11-16/h4-5,8-15,25H,2-3,6-7H2,1H3,(H,22,26)/t14-/m1/s1. The highest BCUT2D eigenvalue weighted by Gasteiger charge is 2.24. The Balaban J connectivity index is 1.66. The maximum Gasteiger partial charge on any atom is 0.341 e. The summed E-state index contributed by atoms with van der Waals surface area (Å²) in [6, 6.07) is 13.0. The van der Waals surface area contributed by atoms with Crippen LogP contribution in [0.2, 0.25) is 0 Å². The molecule has 0 unspecified atom stereocenters. The molecule has 0 spiro atoms. The van der Waals surface area contributed by atoms with E-state index in [0.717, 1.165) is 25.7 Å². The van der Waals surface area contributed by atoms with Gasteiger partial charge < -0.3 is 15.2 Å². The van der Waals surface area contributed by atoms with Crippen LogP contribution in [0.4, 0.5) is 11.4 Å². The summed E-state index contributed by atoms with van der Waals surface area (Å²) in [6.07, 6.45) is 3.26. The first-order valence-corrected chi connectivity index (χ1v) is 9.34. The van der Waals surface area contributed by atoms with Crippen LogP contribution in [-0.2, 0) is 9.53 Å². The van der Waals surface area contributed by atoms with E-state index in [1.165, 1.54) is 12.1 Å². The van der Waals surface area contributed by atoms with E-state index in [9.17, 15) is 14.7 Å². The maximum atomic E-state index is 12.5. The van der Waals surface area contributed by atoms with Crippen molar-refractivity contribution in [3.8, 4) is 5.75 Å². The van der Waals surface area contributed by atoms with Gasteiger partial charge in [-0.05, 0) is 56.2 Å². The molecule has 0 aromatic heterocycles. The van der Waals surface area contributed by atoms with Crippen LogP contribution in [0, 0.1) is 0 Å². The summed E-state index contributed by atoms with van der Waals surface area (Å²) in [7, 11) is 0. The van der Waals surface area contributed by atoms with Crippen molar-refractivity contribution in [2.75, 3.05) is 0 Å². The van der Waals surface area contributed by atoms with E-state index in [2.05, 4.69) is 15.5 Å². The van der Waals surface area contributed by atoms with Gasteiger partial charge in [0.25, 0.3) is 5.91 Å². The van der Waals surface area contributed by atoms with E-state index in [0.29, 0.717) is 11.4 Å². The van der Waals surface area contributed by atoms with Gasteiger partial charge in [0.15, 0.2) is 6.10 Å². The molecule has 1 fully saturated rings. The molecule has 1 amide bonds. The van der Waals surface area contributed by atoms with Gasteiger partial charge >= 0.3 is 5.97 Å². The maximum absolute atomic E-state index is 12.5. The minimum atomic E-state index is -0.893. The number of esters is 1. The van der Waals surface area contributed by atoms with Crippen LogP contribution in [0.5, 0.6) is 5.75 Å². The Kier molecular flexibility index (Phi) is 6.37. The highest BCUT2D eigenvalue weighted by Crippen LogP contribution is 2.24. The van der Waals surface area contributed by atoms with Crippen molar-refractivity contribution >= 4 is 23.3 Å². The van der Waals surface area contributed by atoms with Crippen molar-refractivity contribution in [3.05, 3.63) is 54.1 Å². The second-order valence-corrected chi connectivity index (χ2v) is 6.77. The molecule has 0 aliphatic heterocycles. The van der Waals surface area contributed by atoms with Crippen molar-refractivity contribution in [2.24, 2.45) is 10.2 Å². The molecule has 1 atom stereocenters. The number of nitrogens with zero attached hydrogens (tertiary/aromatic N) is 2. The molecule has 0 bridgehead atoms. The number of carbonyl (C=O) groups is 2. The molecule has 1 aliphatic carbocycles. The Labute approximate surface area is 163 Å². The smallest absolute Gasteiger partial charge is 0.341 e. The number of carbonyl (C=O) groups excluding carboxylic acids is 2. The molecular formula is C21H23N3O4. The minimum absolute atomic E-state index is 0.132. The Hall–Kier alpha value is -3.22. The van der Waals surface area contributed by atoms with Crippen molar-refractivity contribution in [1.29, 1.82) is 0 Å². The highest BCUT2D eigenvalue weighted by atomic mass is 16.5. The van der Waals surface area contributed by atoms with Gasteiger partial charge in [0, 0.05) is 6.04 Å². The average molecular weight is 381 g/mol. The van der Waals surface area contributed by atoms with Crippen LogP contribution in [0.15, 0.2) is 58.8 Å². The van der Waals surface area contributed by atoms with Gasteiger partial charge in [-0.1, -0.05) is 25.0 Å². The van der Waals surface area contributed by atoms with Crippen molar-refractivity contribution in [1.82, 2.24) is 5.32 Å². The molecule has 7 heteroatoms. The number of hydrogen-bond acceptors (Lipinski definition) is 6. The van der Waals surface area contributed by atoms with Crippen LogP contribution >= 0.6 is 0 Å². The summed E-state index contributed by atoms with van der Waals surface area (Å²) in [6.45, 7) is 1.56. The van der Waals surface area contributed by atoms with E-state index in [4.69, 9.17) is 4.74 Å². The zero-order chi connectivity index (χ0) is 19.9. The fourth-order valence-corrected chi connectivity index (χ4v) is 3.03. The lowest BCUT2D eigenvalue weighted by Crippen LogP contribution is -2.40. The van der Waals surface area contributed by atoms with Crippen LogP contribution in [-0.4, -0.2) is 29.1 Å². The van der Waals surface area contributed by atoms with Gasteiger partial charge in [-0.3, -0.25) is 4.79 Å². The number of benzene rings is 2. The molecule has 146 valence electrons. The Morgan fingerprint density at radius 1 is 1.07 bits per heavy atom. The number of ether oxygens (including phenoxy) is 1. The topological polar surface area (TPSA) is 100 Å². The molecule has 0 radical (unpaired) electrons. The van der Waals surface area contributed by atoms with Crippen LogP contribution in [0.1, 0.15) is 43.0 Å². The predicted octanol–water partition coefficient (Wildman–Crippen LogP) is 4.41. The number of aromatic hydroxyl groups is 1. The van der Waals surface area contributed by atoms with E-state index in [1.54, 1.807) is 43.3 Å². The third-order valence-corrected chi connectivity index (χ3v) is 4.60. The van der Waals surface area contributed by atoms with Gasteiger partial charge in [0.05, 0.1) is 11.3 Å².